The average Bonchev–Trinajstić information content (AvgIpc) is 2.74. The smallest absolute Gasteiger partial charge is 0.324 e. The highest BCUT2D eigenvalue weighted by molar-refractivity contribution is 8.02. The van der Waals surface area contributed by atoms with Gasteiger partial charge in [-0.3, -0.25) is 9.59 Å². The van der Waals surface area contributed by atoms with Gasteiger partial charge < -0.3 is 10.2 Å². The summed E-state index contributed by atoms with van der Waals surface area (Å²) in [6.45, 7) is 4.03. The summed E-state index contributed by atoms with van der Waals surface area (Å²) in [5, 5.41) is 20.8. The summed E-state index contributed by atoms with van der Waals surface area (Å²) in [6.07, 6.45) is 3.83. The van der Waals surface area contributed by atoms with Crippen molar-refractivity contribution in [2.45, 2.75) is 61.9 Å². The van der Waals surface area contributed by atoms with Crippen LogP contribution in [0.1, 0.15) is 63.5 Å². The van der Waals surface area contributed by atoms with Crippen molar-refractivity contribution in [3.63, 3.8) is 0 Å². The molecule has 0 aliphatic carbocycles. The second-order valence-corrected chi connectivity index (χ2v) is 8.90. The van der Waals surface area contributed by atoms with Crippen LogP contribution in [-0.2, 0) is 19.1 Å². The number of carboxylic acid groups (broad SMARTS) is 2. The third-order valence-electron chi connectivity index (χ3n) is 5.28. The standard InChI is InChI=1S/C24H30O4S/c1-3-5-17-23(21(25)26,19-13-9-7-10-14-19)29-24(22(27)28,18-6-4-2)20-15-11-8-12-16-20/h7-16H,3-6,17-18H2,1-2H3,(H,25,26)(H,27,28). The van der Waals surface area contributed by atoms with E-state index in [0.29, 0.717) is 36.8 Å². The Morgan fingerprint density at radius 1 is 0.724 bits per heavy atom. The molecular formula is C24H30O4S. The third-order valence-corrected chi connectivity index (χ3v) is 7.21. The molecule has 0 spiro atoms. The van der Waals surface area contributed by atoms with Crippen molar-refractivity contribution >= 4 is 23.7 Å². The number of hydrogen-bond acceptors (Lipinski definition) is 3. The van der Waals surface area contributed by atoms with Crippen molar-refractivity contribution in [1.29, 1.82) is 0 Å². The predicted molar refractivity (Wildman–Crippen MR) is 118 cm³/mol. The molecule has 29 heavy (non-hydrogen) atoms. The summed E-state index contributed by atoms with van der Waals surface area (Å²) >= 11 is 1.09. The van der Waals surface area contributed by atoms with E-state index in [1.54, 1.807) is 24.3 Å². The first-order valence-corrected chi connectivity index (χ1v) is 11.0. The Morgan fingerprint density at radius 2 is 1.07 bits per heavy atom. The zero-order chi connectivity index (χ0) is 21.3. The fourth-order valence-corrected chi connectivity index (χ4v) is 5.39. The minimum atomic E-state index is -1.33. The van der Waals surface area contributed by atoms with Gasteiger partial charge in [0.1, 0.15) is 9.49 Å². The van der Waals surface area contributed by atoms with Gasteiger partial charge in [0.2, 0.25) is 0 Å². The molecule has 0 bridgehead atoms. The monoisotopic (exact) mass is 414 g/mol. The fourth-order valence-electron chi connectivity index (χ4n) is 3.62. The normalized spacial score (nSPS) is 15.2. The first-order chi connectivity index (χ1) is 13.9. The van der Waals surface area contributed by atoms with E-state index in [-0.39, 0.29) is 0 Å². The van der Waals surface area contributed by atoms with Crippen LogP contribution in [0, 0.1) is 0 Å². The zero-order valence-corrected chi connectivity index (χ0v) is 18.0. The van der Waals surface area contributed by atoms with Crippen LogP contribution in [0.15, 0.2) is 60.7 Å². The topological polar surface area (TPSA) is 74.6 Å². The molecule has 0 saturated carbocycles. The molecule has 4 nitrogen and oxygen atoms in total. The van der Waals surface area contributed by atoms with Crippen molar-refractivity contribution in [2.75, 3.05) is 0 Å². The average molecular weight is 415 g/mol. The molecule has 0 aliphatic heterocycles. The number of rotatable bonds is 12. The lowest BCUT2D eigenvalue weighted by Crippen LogP contribution is -2.42. The summed E-state index contributed by atoms with van der Waals surface area (Å²) in [6, 6.07) is 18.2. The highest BCUT2D eigenvalue weighted by atomic mass is 32.2. The van der Waals surface area contributed by atoms with Crippen LogP contribution in [0.3, 0.4) is 0 Å². The lowest BCUT2D eigenvalue weighted by atomic mass is 9.91. The van der Waals surface area contributed by atoms with Crippen molar-refractivity contribution in [3.8, 4) is 0 Å². The number of unbranched alkanes of at least 4 members (excludes halogenated alkanes) is 2. The summed E-state index contributed by atoms with van der Waals surface area (Å²) in [5.74, 6) is -1.97. The van der Waals surface area contributed by atoms with Gasteiger partial charge in [-0.05, 0) is 24.0 Å². The van der Waals surface area contributed by atoms with Crippen molar-refractivity contribution in [1.82, 2.24) is 0 Å². The highest BCUT2D eigenvalue weighted by Gasteiger charge is 2.52. The Bertz CT molecular complexity index is 726. The molecular weight excluding hydrogens is 384 g/mol. The van der Waals surface area contributed by atoms with Gasteiger partial charge in [-0.15, -0.1) is 11.8 Å². The molecule has 0 heterocycles. The zero-order valence-electron chi connectivity index (χ0n) is 17.1. The molecule has 0 radical (unpaired) electrons. The first kappa shape index (κ1) is 23.0. The van der Waals surface area contributed by atoms with E-state index in [1.807, 2.05) is 50.2 Å². The SMILES string of the molecule is CCCCC(SC(CCCC)(C(=O)O)c1ccccc1)(C(=O)O)c1ccccc1. The molecule has 0 aliphatic rings. The molecule has 2 rings (SSSR count). The van der Waals surface area contributed by atoms with Crippen molar-refractivity contribution in [2.24, 2.45) is 0 Å². The van der Waals surface area contributed by atoms with Gasteiger partial charge in [0.25, 0.3) is 0 Å². The Morgan fingerprint density at radius 3 is 1.34 bits per heavy atom. The van der Waals surface area contributed by atoms with Crippen LogP contribution >= 0.6 is 11.8 Å². The molecule has 0 saturated heterocycles. The van der Waals surface area contributed by atoms with E-state index in [9.17, 15) is 19.8 Å². The molecule has 2 aromatic carbocycles. The second kappa shape index (κ2) is 10.5. The van der Waals surface area contributed by atoms with Crippen LogP contribution in [0.5, 0.6) is 0 Å². The number of hydrogen-bond donors (Lipinski definition) is 2. The molecule has 2 unspecified atom stereocenters. The predicted octanol–water partition coefficient (Wildman–Crippen LogP) is 6.06. The molecule has 2 aromatic rings. The molecule has 0 fully saturated rings. The van der Waals surface area contributed by atoms with E-state index in [0.717, 1.165) is 24.6 Å². The quantitative estimate of drug-likeness (QED) is 0.441. The van der Waals surface area contributed by atoms with Crippen molar-refractivity contribution < 1.29 is 19.8 Å². The summed E-state index contributed by atoms with van der Waals surface area (Å²) in [5.41, 5.74) is 1.29. The molecule has 156 valence electrons. The van der Waals surface area contributed by atoms with E-state index in [4.69, 9.17) is 0 Å². The van der Waals surface area contributed by atoms with E-state index in [1.165, 1.54) is 0 Å². The fraction of sp³-hybridized carbons (Fsp3) is 0.417. The molecule has 5 heteroatoms. The first-order valence-electron chi connectivity index (χ1n) is 10.2. The van der Waals surface area contributed by atoms with Crippen LogP contribution < -0.4 is 0 Å². The lowest BCUT2D eigenvalue weighted by Gasteiger charge is -2.39. The van der Waals surface area contributed by atoms with Gasteiger partial charge in [0.15, 0.2) is 0 Å². The maximum atomic E-state index is 12.7. The number of carbonyl (C=O) groups is 2. The number of carboxylic acids is 2. The maximum Gasteiger partial charge on any atom is 0.324 e. The maximum absolute atomic E-state index is 12.7. The molecule has 0 amide bonds. The summed E-state index contributed by atoms with van der Waals surface area (Å²) in [7, 11) is 0. The lowest BCUT2D eigenvalue weighted by molar-refractivity contribution is -0.140. The van der Waals surface area contributed by atoms with Gasteiger partial charge in [0.05, 0.1) is 0 Å². The van der Waals surface area contributed by atoms with Gasteiger partial charge in [-0.2, -0.15) is 0 Å². The number of thioether (sulfide) groups is 1. The number of aliphatic carboxylic acids is 2. The Labute approximate surface area is 177 Å². The minimum Gasteiger partial charge on any atom is -0.480 e. The Kier molecular flexibility index (Phi) is 8.32. The summed E-state index contributed by atoms with van der Waals surface area (Å²) in [4.78, 5) is 25.4. The minimum absolute atomic E-state index is 0.376. The van der Waals surface area contributed by atoms with Gasteiger partial charge >= 0.3 is 11.9 Å². The van der Waals surface area contributed by atoms with Gasteiger partial charge in [-0.1, -0.05) is 100 Å². The van der Waals surface area contributed by atoms with E-state index in [2.05, 4.69) is 0 Å². The molecule has 0 aromatic heterocycles. The van der Waals surface area contributed by atoms with Gasteiger partial charge in [0, 0.05) is 0 Å². The van der Waals surface area contributed by atoms with Crippen LogP contribution in [-0.4, -0.2) is 22.2 Å². The highest BCUT2D eigenvalue weighted by Crippen LogP contribution is 2.54. The second-order valence-electron chi connectivity index (χ2n) is 7.31. The molecule has 2 N–H and O–H groups in total. The number of benzene rings is 2. The van der Waals surface area contributed by atoms with E-state index < -0.39 is 21.4 Å². The van der Waals surface area contributed by atoms with Crippen LogP contribution in [0.2, 0.25) is 0 Å². The van der Waals surface area contributed by atoms with Crippen LogP contribution in [0.25, 0.3) is 0 Å². The van der Waals surface area contributed by atoms with Gasteiger partial charge in [-0.25, -0.2) is 0 Å². The van der Waals surface area contributed by atoms with Crippen molar-refractivity contribution in [3.05, 3.63) is 71.8 Å². The Balaban J connectivity index is 2.69. The van der Waals surface area contributed by atoms with E-state index >= 15 is 0 Å². The van der Waals surface area contributed by atoms with Crippen LogP contribution in [0.4, 0.5) is 0 Å². The Hall–Kier alpha value is -2.27. The third kappa shape index (κ3) is 5.02. The largest absolute Gasteiger partial charge is 0.480 e. The molecule has 2 atom stereocenters. The summed E-state index contributed by atoms with van der Waals surface area (Å²) < 4.78 is -2.67.